The lowest BCUT2D eigenvalue weighted by Crippen LogP contribution is -2.55. The minimum absolute atomic E-state index is 0.0393. The lowest BCUT2D eigenvalue weighted by molar-refractivity contribution is -0.147. The standard InChI is InChI=1S/C20H31NO2/c1-19-8-7-17-15(16(19)4-5-18(19)23)3-2-13-12-14(22)6-9-20(13,17)10-11-21/h13,15-17H,2-12,21H2,1H3/t13-,15-,16-,17-,19-,20+/m0/s1. The summed E-state index contributed by atoms with van der Waals surface area (Å²) >= 11 is 0. The number of hydrogen-bond acceptors (Lipinski definition) is 3. The zero-order chi connectivity index (χ0) is 16.2. The SMILES string of the molecule is C[C@]12CC[C@H]3[C@@H](CC[C@H]4CC(=O)CC[C@@]43CCN)[C@@H]1CCC2=O. The van der Waals surface area contributed by atoms with Crippen molar-refractivity contribution in [2.24, 2.45) is 40.2 Å². The van der Waals surface area contributed by atoms with E-state index in [-0.39, 0.29) is 5.41 Å². The van der Waals surface area contributed by atoms with Crippen LogP contribution in [-0.2, 0) is 9.59 Å². The minimum atomic E-state index is -0.0393. The van der Waals surface area contributed by atoms with Gasteiger partial charge in [0, 0.05) is 24.7 Å². The highest BCUT2D eigenvalue weighted by atomic mass is 16.1. The molecule has 0 amide bonds. The van der Waals surface area contributed by atoms with E-state index in [4.69, 9.17) is 5.73 Å². The van der Waals surface area contributed by atoms with Gasteiger partial charge in [0.1, 0.15) is 11.6 Å². The predicted octanol–water partition coefficient (Wildman–Crippen LogP) is 3.50. The number of Topliss-reactive ketones (excluding diaryl/α,β-unsaturated/α-hetero) is 2. The summed E-state index contributed by atoms with van der Waals surface area (Å²) in [5.74, 6) is 3.57. The van der Waals surface area contributed by atoms with E-state index < -0.39 is 0 Å². The Balaban J connectivity index is 1.68. The maximum absolute atomic E-state index is 12.5. The van der Waals surface area contributed by atoms with Crippen LogP contribution in [0.25, 0.3) is 0 Å². The third-order valence-corrected chi connectivity index (χ3v) is 8.50. The van der Waals surface area contributed by atoms with E-state index >= 15 is 0 Å². The lowest BCUT2D eigenvalue weighted by atomic mass is 9.44. The second kappa shape index (κ2) is 5.40. The molecule has 0 bridgehead atoms. The van der Waals surface area contributed by atoms with Gasteiger partial charge in [0.25, 0.3) is 0 Å². The molecule has 4 aliphatic carbocycles. The highest BCUT2D eigenvalue weighted by Gasteiger charge is 2.61. The maximum atomic E-state index is 12.5. The molecule has 0 aromatic carbocycles. The maximum Gasteiger partial charge on any atom is 0.139 e. The second-order valence-electron chi connectivity index (χ2n) is 9.08. The number of carbonyl (C=O) groups excluding carboxylic acids is 2. The molecule has 6 atom stereocenters. The summed E-state index contributed by atoms with van der Waals surface area (Å²) in [6.45, 7) is 2.99. The first-order chi connectivity index (χ1) is 11.0. The minimum Gasteiger partial charge on any atom is -0.330 e. The van der Waals surface area contributed by atoms with E-state index in [1.54, 1.807) is 0 Å². The van der Waals surface area contributed by atoms with Gasteiger partial charge in [0.05, 0.1) is 0 Å². The van der Waals surface area contributed by atoms with Crippen LogP contribution in [0.4, 0.5) is 0 Å². The molecule has 0 radical (unpaired) electrons. The second-order valence-corrected chi connectivity index (χ2v) is 9.08. The Morgan fingerprint density at radius 1 is 1.04 bits per heavy atom. The molecule has 0 aromatic heterocycles. The van der Waals surface area contributed by atoms with E-state index in [2.05, 4.69) is 6.92 Å². The Kier molecular flexibility index (Phi) is 3.71. The van der Waals surface area contributed by atoms with Gasteiger partial charge in [-0.25, -0.2) is 0 Å². The van der Waals surface area contributed by atoms with Gasteiger partial charge in [-0.05, 0) is 80.6 Å². The Labute approximate surface area is 139 Å². The van der Waals surface area contributed by atoms with Crippen LogP contribution in [-0.4, -0.2) is 18.1 Å². The molecule has 0 saturated heterocycles. The van der Waals surface area contributed by atoms with Crippen LogP contribution in [0.5, 0.6) is 0 Å². The molecule has 3 nitrogen and oxygen atoms in total. The third kappa shape index (κ3) is 2.11. The molecule has 0 unspecified atom stereocenters. The lowest BCUT2D eigenvalue weighted by Gasteiger charge is -2.60. The van der Waals surface area contributed by atoms with Gasteiger partial charge in [-0.2, -0.15) is 0 Å². The molecule has 0 aliphatic heterocycles. The first-order valence-corrected chi connectivity index (χ1v) is 9.76. The van der Waals surface area contributed by atoms with Gasteiger partial charge in [0.15, 0.2) is 0 Å². The zero-order valence-corrected chi connectivity index (χ0v) is 14.5. The monoisotopic (exact) mass is 317 g/mol. The van der Waals surface area contributed by atoms with E-state index in [1.165, 1.54) is 19.3 Å². The molecule has 23 heavy (non-hydrogen) atoms. The van der Waals surface area contributed by atoms with Crippen molar-refractivity contribution in [1.82, 2.24) is 0 Å². The molecule has 4 aliphatic rings. The summed E-state index contributed by atoms with van der Waals surface area (Å²) in [5.41, 5.74) is 6.30. The zero-order valence-electron chi connectivity index (χ0n) is 14.5. The molecule has 0 aromatic rings. The number of rotatable bonds is 2. The highest BCUT2D eigenvalue weighted by Crippen LogP contribution is 2.66. The first kappa shape index (κ1) is 15.8. The molecular weight excluding hydrogens is 286 g/mol. The predicted molar refractivity (Wildman–Crippen MR) is 89.7 cm³/mol. The fraction of sp³-hybridized carbons (Fsp3) is 0.900. The van der Waals surface area contributed by atoms with E-state index in [0.29, 0.717) is 40.7 Å². The van der Waals surface area contributed by atoms with E-state index in [0.717, 1.165) is 51.5 Å². The van der Waals surface area contributed by atoms with Crippen molar-refractivity contribution in [1.29, 1.82) is 0 Å². The molecular formula is C20H31NO2. The number of fused-ring (bicyclic) bond motifs is 5. The van der Waals surface area contributed by atoms with Crippen molar-refractivity contribution in [3.63, 3.8) is 0 Å². The van der Waals surface area contributed by atoms with Crippen molar-refractivity contribution in [3.05, 3.63) is 0 Å². The van der Waals surface area contributed by atoms with Gasteiger partial charge in [-0.1, -0.05) is 6.92 Å². The summed E-state index contributed by atoms with van der Waals surface area (Å²) in [6.07, 6.45) is 10.3. The number of nitrogens with two attached hydrogens (primary N) is 1. The van der Waals surface area contributed by atoms with Crippen molar-refractivity contribution >= 4 is 11.6 Å². The quantitative estimate of drug-likeness (QED) is 0.848. The van der Waals surface area contributed by atoms with Crippen LogP contribution >= 0.6 is 0 Å². The average Bonchev–Trinajstić information content (AvgIpc) is 2.84. The van der Waals surface area contributed by atoms with Crippen LogP contribution in [0.15, 0.2) is 0 Å². The van der Waals surface area contributed by atoms with Crippen molar-refractivity contribution < 1.29 is 9.59 Å². The van der Waals surface area contributed by atoms with Crippen molar-refractivity contribution in [2.45, 2.75) is 71.1 Å². The number of ketones is 2. The number of carbonyl (C=O) groups is 2. The summed E-state index contributed by atoms with van der Waals surface area (Å²) in [5, 5.41) is 0. The van der Waals surface area contributed by atoms with Crippen LogP contribution in [0.3, 0.4) is 0 Å². The van der Waals surface area contributed by atoms with Crippen LogP contribution in [0.1, 0.15) is 71.1 Å². The summed E-state index contributed by atoms with van der Waals surface area (Å²) in [4.78, 5) is 24.5. The molecule has 4 saturated carbocycles. The molecule has 128 valence electrons. The molecule has 0 heterocycles. The van der Waals surface area contributed by atoms with E-state index in [1.807, 2.05) is 0 Å². The topological polar surface area (TPSA) is 60.2 Å². The summed E-state index contributed by atoms with van der Waals surface area (Å²) in [7, 11) is 0. The molecule has 0 spiro atoms. The van der Waals surface area contributed by atoms with Crippen molar-refractivity contribution in [3.8, 4) is 0 Å². The Bertz CT molecular complexity index is 530. The summed E-state index contributed by atoms with van der Waals surface area (Å²) < 4.78 is 0. The van der Waals surface area contributed by atoms with Gasteiger partial charge in [-0.15, -0.1) is 0 Å². The third-order valence-electron chi connectivity index (χ3n) is 8.50. The highest BCUT2D eigenvalue weighted by molar-refractivity contribution is 5.87. The van der Waals surface area contributed by atoms with E-state index in [9.17, 15) is 9.59 Å². The Morgan fingerprint density at radius 2 is 1.87 bits per heavy atom. The molecule has 2 N–H and O–H groups in total. The fourth-order valence-corrected chi connectivity index (χ4v) is 7.39. The fourth-order valence-electron chi connectivity index (χ4n) is 7.39. The van der Waals surface area contributed by atoms with Gasteiger partial charge in [0.2, 0.25) is 0 Å². The molecule has 4 rings (SSSR count). The molecule has 4 fully saturated rings. The first-order valence-electron chi connectivity index (χ1n) is 9.76. The molecule has 3 heteroatoms. The summed E-state index contributed by atoms with van der Waals surface area (Å²) in [6, 6.07) is 0. The smallest absolute Gasteiger partial charge is 0.139 e. The Hall–Kier alpha value is -0.700. The van der Waals surface area contributed by atoms with Crippen LogP contribution in [0, 0.1) is 34.5 Å². The van der Waals surface area contributed by atoms with Gasteiger partial charge < -0.3 is 5.73 Å². The van der Waals surface area contributed by atoms with Crippen LogP contribution in [0.2, 0.25) is 0 Å². The largest absolute Gasteiger partial charge is 0.330 e. The number of hydrogen-bond donors (Lipinski definition) is 1. The van der Waals surface area contributed by atoms with Gasteiger partial charge >= 0.3 is 0 Å². The average molecular weight is 317 g/mol. The van der Waals surface area contributed by atoms with Crippen LogP contribution < -0.4 is 5.73 Å². The Morgan fingerprint density at radius 3 is 2.65 bits per heavy atom. The van der Waals surface area contributed by atoms with Crippen molar-refractivity contribution in [2.75, 3.05) is 6.54 Å². The normalized spacial score (nSPS) is 49.5. The van der Waals surface area contributed by atoms with Gasteiger partial charge in [-0.3, -0.25) is 9.59 Å².